The van der Waals surface area contributed by atoms with Crippen molar-refractivity contribution in [2.45, 2.75) is 6.92 Å². The number of nitrogens with one attached hydrogen (secondary N) is 2. The monoisotopic (exact) mass is 270 g/mol. The number of imide groups is 1. The van der Waals surface area contributed by atoms with Crippen LogP contribution in [0.2, 0.25) is 0 Å². The molecule has 100 valence electrons. The zero-order chi connectivity index (χ0) is 14.3. The van der Waals surface area contributed by atoms with Crippen molar-refractivity contribution in [3.05, 3.63) is 52.8 Å². The van der Waals surface area contributed by atoms with Gasteiger partial charge in [0.15, 0.2) is 5.69 Å². The minimum Gasteiger partial charge on any atom is -0.282 e. The van der Waals surface area contributed by atoms with Gasteiger partial charge in [0.1, 0.15) is 0 Å². The van der Waals surface area contributed by atoms with Crippen molar-refractivity contribution in [1.82, 2.24) is 20.6 Å². The molecule has 0 atom stereocenters. The summed E-state index contributed by atoms with van der Waals surface area (Å²) in [7, 11) is 0. The number of carbonyl (C=O) groups is 3. The van der Waals surface area contributed by atoms with E-state index in [0.717, 1.165) is 0 Å². The lowest BCUT2D eigenvalue weighted by atomic mass is 10.1. The summed E-state index contributed by atoms with van der Waals surface area (Å²) in [6.07, 6.45) is 0. The van der Waals surface area contributed by atoms with Crippen molar-refractivity contribution in [3.8, 4) is 0 Å². The van der Waals surface area contributed by atoms with Crippen LogP contribution >= 0.6 is 0 Å². The number of hydrogen-bond acceptors (Lipinski definition) is 4. The molecule has 0 spiro atoms. The summed E-state index contributed by atoms with van der Waals surface area (Å²) >= 11 is 0. The van der Waals surface area contributed by atoms with E-state index in [0.29, 0.717) is 10.7 Å². The average Bonchev–Trinajstić information content (AvgIpc) is 2.98. The molecule has 2 N–H and O–H groups in total. The normalized spacial score (nSPS) is 13.6. The predicted molar refractivity (Wildman–Crippen MR) is 67.7 cm³/mol. The van der Waals surface area contributed by atoms with Crippen LogP contribution in [0.1, 0.15) is 36.9 Å². The maximum atomic E-state index is 12.0. The molecule has 7 nitrogen and oxygen atoms in total. The van der Waals surface area contributed by atoms with Crippen LogP contribution in [0.5, 0.6) is 0 Å². The zero-order valence-corrected chi connectivity index (χ0v) is 10.5. The second kappa shape index (κ2) is 4.30. The van der Waals surface area contributed by atoms with Crippen molar-refractivity contribution < 1.29 is 14.4 Å². The van der Waals surface area contributed by atoms with Gasteiger partial charge < -0.3 is 0 Å². The molecular weight excluding hydrogens is 260 g/mol. The molecule has 7 heteroatoms. The van der Waals surface area contributed by atoms with E-state index in [1.54, 1.807) is 31.2 Å². The molecule has 1 aliphatic rings. The van der Waals surface area contributed by atoms with E-state index in [1.165, 1.54) is 6.07 Å². The largest absolute Gasteiger partial charge is 0.290 e. The molecular formula is C13H10N4O3. The molecule has 3 amide bonds. The van der Waals surface area contributed by atoms with Crippen molar-refractivity contribution in [1.29, 1.82) is 0 Å². The Morgan fingerprint density at radius 3 is 2.30 bits per heavy atom. The third-order valence-corrected chi connectivity index (χ3v) is 2.95. The van der Waals surface area contributed by atoms with Crippen molar-refractivity contribution in [2.24, 2.45) is 0 Å². The van der Waals surface area contributed by atoms with Gasteiger partial charge in [0.05, 0.1) is 11.1 Å². The van der Waals surface area contributed by atoms with Crippen LogP contribution in [0.15, 0.2) is 30.3 Å². The second-order valence-corrected chi connectivity index (χ2v) is 4.37. The van der Waals surface area contributed by atoms with Gasteiger partial charge in [0.25, 0.3) is 17.7 Å². The first-order valence-electron chi connectivity index (χ1n) is 5.89. The maximum Gasteiger partial charge on any atom is 0.290 e. The molecule has 20 heavy (non-hydrogen) atoms. The second-order valence-electron chi connectivity index (χ2n) is 4.37. The van der Waals surface area contributed by atoms with Gasteiger partial charge in [-0.2, -0.15) is 10.1 Å². The van der Waals surface area contributed by atoms with E-state index in [4.69, 9.17) is 0 Å². The quantitative estimate of drug-likeness (QED) is 0.783. The summed E-state index contributed by atoms with van der Waals surface area (Å²) in [5, 5.41) is 7.09. The Hall–Kier alpha value is -2.96. The lowest BCUT2D eigenvalue weighted by molar-refractivity contribution is 0.0516. The minimum absolute atomic E-state index is 0.110. The number of amides is 3. The number of aryl methyl sites for hydroxylation is 1. The van der Waals surface area contributed by atoms with E-state index in [2.05, 4.69) is 15.6 Å². The zero-order valence-electron chi connectivity index (χ0n) is 10.5. The van der Waals surface area contributed by atoms with Gasteiger partial charge in [-0.3, -0.25) is 24.9 Å². The summed E-state index contributed by atoms with van der Waals surface area (Å²) in [5.41, 5.74) is 3.63. The van der Waals surface area contributed by atoms with Crippen LogP contribution in [0.4, 0.5) is 0 Å². The molecule has 1 aromatic heterocycles. The van der Waals surface area contributed by atoms with Crippen LogP contribution in [0.25, 0.3) is 0 Å². The number of rotatable bonds is 2. The number of H-pyrrole nitrogens is 1. The van der Waals surface area contributed by atoms with Crippen LogP contribution in [0, 0.1) is 6.92 Å². The first-order chi connectivity index (χ1) is 9.58. The number of hydrazine groups is 1. The summed E-state index contributed by atoms with van der Waals surface area (Å²) in [6.45, 7) is 1.74. The minimum atomic E-state index is -0.621. The highest BCUT2D eigenvalue weighted by Gasteiger charge is 2.36. The van der Waals surface area contributed by atoms with Crippen molar-refractivity contribution in [3.63, 3.8) is 0 Å². The predicted octanol–water partition coefficient (Wildman–Crippen LogP) is 0.659. The molecule has 2 heterocycles. The summed E-state index contributed by atoms with van der Waals surface area (Å²) < 4.78 is 0. The third kappa shape index (κ3) is 1.76. The highest BCUT2D eigenvalue weighted by atomic mass is 16.2. The molecule has 0 radical (unpaired) electrons. The van der Waals surface area contributed by atoms with Crippen LogP contribution < -0.4 is 5.43 Å². The van der Waals surface area contributed by atoms with Crippen molar-refractivity contribution in [2.75, 3.05) is 0 Å². The molecule has 2 aromatic rings. The van der Waals surface area contributed by atoms with Gasteiger partial charge in [0.2, 0.25) is 0 Å². The fourth-order valence-electron chi connectivity index (χ4n) is 1.98. The van der Waals surface area contributed by atoms with Gasteiger partial charge in [0, 0.05) is 5.69 Å². The summed E-state index contributed by atoms with van der Waals surface area (Å²) in [6, 6.07) is 7.92. The van der Waals surface area contributed by atoms with E-state index < -0.39 is 17.7 Å². The molecule has 0 aliphatic carbocycles. The van der Waals surface area contributed by atoms with Gasteiger partial charge in [-0.15, -0.1) is 0 Å². The number of fused-ring (bicyclic) bond motifs is 1. The Kier molecular flexibility index (Phi) is 2.60. The third-order valence-electron chi connectivity index (χ3n) is 2.95. The molecule has 0 fully saturated rings. The Morgan fingerprint density at radius 2 is 1.80 bits per heavy atom. The lowest BCUT2D eigenvalue weighted by Crippen LogP contribution is -2.46. The molecule has 1 aromatic carbocycles. The number of hydrogen-bond donors (Lipinski definition) is 2. The average molecular weight is 270 g/mol. The van der Waals surface area contributed by atoms with E-state index >= 15 is 0 Å². The highest BCUT2D eigenvalue weighted by Crippen LogP contribution is 2.20. The van der Waals surface area contributed by atoms with Crippen LogP contribution in [-0.4, -0.2) is 32.9 Å². The van der Waals surface area contributed by atoms with Gasteiger partial charge in [-0.25, -0.2) is 0 Å². The molecule has 0 unspecified atom stereocenters. The number of nitrogens with zero attached hydrogens (tertiary/aromatic N) is 2. The highest BCUT2D eigenvalue weighted by molar-refractivity contribution is 6.22. The molecule has 3 rings (SSSR count). The van der Waals surface area contributed by atoms with Crippen LogP contribution in [0.3, 0.4) is 0 Å². The summed E-state index contributed by atoms with van der Waals surface area (Å²) in [5.74, 6) is -1.72. The number of aromatic amines is 1. The van der Waals surface area contributed by atoms with E-state index in [1.807, 2.05) is 0 Å². The van der Waals surface area contributed by atoms with Gasteiger partial charge >= 0.3 is 0 Å². The maximum absolute atomic E-state index is 12.0. The van der Waals surface area contributed by atoms with Crippen LogP contribution in [-0.2, 0) is 0 Å². The summed E-state index contributed by atoms with van der Waals surface area (Å²) in [4.78, 5) is 36.0. The Balaban J connectivity index is 1.85. The lowest BCUT2D eigenvalue weighted by Gasteiger charge is -2.13. The molecule has 0 saturated heterocycles. The Bertz CT molecular complexity index is 700. The van der Waals surface area contributed by atoms with E-state index in [9.17, 15) is 14.4 Å². The molecule has 0 saturated carbocycles. The Morgan fingerprint density at radius 1 is 1.20 bits per heavy atom. The molecule has 1 aliphatic heterocycles. The Labute approximate surface area is 113 Å². The van der Waals surface area contributed by atoms with Crippen molar-refractivity contribution >= 4 is 17.7 Å². The number of benzene rings is 1. The molecule has 0 bridgehead atoms. The van der Waals surface area contributed by atoms with Gasteiger partial charge in [-0.05, 0) is 25.1 Å². The SMILES string of the molecule is Cc1cc(C(=O)NN2C(=O)c3ccccc3C2=O)n[nH]1. The number of carbonyl (C=O) groups excluding carboxylic acids is 3. The van der Waals surface area contributed by atoms with E-state index in [-0.39, 0.29) is 16.8 Å². The topological polar surface area (TPSA) is 95.2 Å². The standard InChI is InChI=1S/C13H10N4O3/c1-7-6-10(15-14-7)11(18)16-17-12(19)8-4-2-3-5-9(8)13(17)20/h2-6H,1H3,(H,14,15)(H,16,18). The first-order valence-corrected chi connectivity index (χ1v) is 5.89. The first kappa shape index (κ1) is 12.1. The number of aromatic nitrogens is 2. The van der Waals surface area contributed by atoms with Gasteiger partial charge in [-0.1, -0.05) is 12.1 Å². The smallest absolute Gasteiger partial charge is 0.282 e. The fraction of sp³-hybridized carbons (Fsp3) is 0.0769. The fourth-order valence-corrected chi connectivity index (χ4v) is 1.98.